The van der Waals surface area contributed by atoms with Gasteiger partial charge in [0.2, 0.25) is 0 Å². The van der Waals surface area contributed by atoms with Gasteiger partial charge in [0, 0.05) is 38.3 Å². The van der Waals surface area contributed by atoms with Gasteiger partial charge in [-0.05, 0) is 80.5 Å². The van der Waals surface area contributed by atoms with Gasteiger partial charge < -0.3 is 20.4 Å². The lowest BCUT2D eigenvalue weighted by atomic mass is 9.70. The van der Waals surface area contributed by atoms with E-state index in [1.807, 2.05) is 0 Å². The van der Waals surface area contributed by atoms with Crippen LogP contribution in [0.2, 0.25) is 0 Å². The molecule has 0 aromatic rings. The lowest BCUT2D eigenvalue weighted by molar-refractivity contribution is 0.0456. The second-order valence-corrected chi connectivity index (χ2v) is 16.6. The molecule has 0 aromatic heterocycles. The Bertz CT molecular complexity index is 926. The summed E-state index contributed by atoms with van der Waals surface area (Å²) >= 11 is 0. The van der Waals surface area contributed by atoms with Crippen LogP contribution in [0.25, 0.3) is 0 Å². The molecule has 3 heterocycles. The first-order chi connectivity index (χ1) is 20.6. The van der Waals surface area contributed by atoms with Crippen molar-refractivity contribution >= 4 is 11.9 Å². The van der Waals surface area contributed by atoms with Gasteiger partial charge in [-0.3, -0.25) is 15.3 Å². The molecule has 3 aliphatic heterocycles. The number of nitrogens with one attached hydrogen (secondary N) is 1. The van der Waals surface area contributed by atoms with Crippen molar-refractivity contribution in [3.05, 3.63) is 0 Å². The molecule has 5 rings (SSSR count). The Morgan fingerprint density at radius 2 is 1.60 bits per heavy atom. The van der Waals surface area contributed by atoms with E-state index in [9.17, 15) is 5.41 Å². The molecule has 0 bridgehead atoms. The molecule has 2 saturated heterocycles. The van der Waals surface area contributed by atoms with Crippen LogP contribution in [-0.2, 0) is 0 Å². The second-order valence-electron chi connectivity index (χ2n) is 16.6. The van der Waals surface area contributed by atoms with Crippen LogP contribution in [0.1, 0.15) is 131 Å². The Hall–Kier alpha value is -1.50. The van der Waals surface area contributed by atoms with Gasteiger partial charge in [0.05, 0.1) is 18.8 Å². The van der Waals surface area contributed by atoms with Crippen molar-refractivity contribution < 1.29 is 0 Å². The van der Waals surface area contributed by atoms with Crippen LogP contribution >= 0.6 is 0 Å². The number of rotatable bonds is 11. The molecule has 246 valence electrons. The van der Waals surface area contributed by atoms with Crippen molar-refractivity contribution in [1.82, 2.24) is 19.6 Å². The van der Waals surface area contributed by atoms with Crippen molar-refractivity contribution in [2.24, 2.45) is 39.8 Å². The van der Waals surface area contributed by atoms with Gasteiger partial charge >= 0.3 is 0 Å². The van der Waals surface area contributed by atoms with Gasteiger partial charge in [-0.1, -0.05) is 80.1 Å². The van der Waals surface area contributed by atoms with Gasteiger partial charge in [0.1, 0.15) is 0 Å². The van der Waals surface area contributed by atoms with Crippen LogP contribution in [0.15, 0.2) is 4.99 Å². The van der Waals surface area contributed by atoms with Crippen molar-refractivity contribution in [3.63, 3.8) is 0 Å². The molecule has 2 aliphatic carbocycles. The molecule has 4 fully saturated rings. The SMILES string of the molecule is CCC[C@@H]1CN([C@H](CC2CCCCC2)N2CCC[C@H]2CN2C(N)=NC[C@H]2C(C)C)C(=N)N1CC1CCC(C(C)(C)C)CC1. The van der Waals surface area contributed by atoms with Crippen molar-refractivity contribution in [2.75, 3.05) is 32.7 Å². The predicted octanol–water partition coefficient (Wildman–Crippen LogP) is 6.98. The lowest BCUT2D eigenvalue weighted by Crippen LogP contribution is -2.56. The normalized spacial score (nSPS) is 32.3. The smallest absolute Gasteiger partial charge is 0.195 e. The second kappa shape index (κ2) is 14.3. The highest BCUT2D eigenvalue weighted by Crippen LogP contribution is 2.41. The molecule has 4 atom stereocenters. The van der Waals surface area contributed by atoms with E-state index in [-0.39, 0.29) is 0 Å². The molecule has 0 spiro atoms. The molecular weight excluding hydrogens is 530 g/mol. The Labute approximate surface area is 264 Å². The summed E-state index contributed by atoms with van der Waals surface area (Å²) in [6.07, 6.45) is 18.7. The van der Waals surface area contributed by atoms with Crippen LogP contribution in [0.5, 0.6) is 0 Å². The Balaban J connectivity index is 1.33. The zero-order chi connectivity index (χ0) is 30.7. The highest BCUT2D eigenvalue weighted by Gasteiger charge is 2.45. The zero-order valence-corrected chi connectivity index (χ0v) is 28.9. The van der Waals surface area contributed by atoms with E-state index < -0.39 is 0 Å². The maximum Gasteiger partial charge on any atom is 0.195 e. The summed E-state index contributed by atoms with van der Waals surface area (Å²) in [5.74, 6) is 4.51. The molecule has 0 aromatic carbocycles. The van der Waals surface area contributed by atoms with E-state index in [0.29, 0.717) is 35.6 Å². The third-order valence-corrected chi connectivity index (χ3v) is 12.3. The van der Waals surface area contributed by atoms with Gasteiger partial charge in [0.15, 0.2) is 11.9 Å². The van der Waals surface area contributed by atoms with Gasteiger partial charge in [-0.25, -0.2) is 0 Å². The average molecular weight is 598 g/mol. The number of hydrogen-bond acceptors (Lipinski definition) is 5. The number of guanidine groups is 2. The van der Waals surface area contributed by atoms with Crippen molar-refractivity contribution in [1.29, 1.82) is 5.41 Å². The molecule has 0 radical (unpaired) electrons. The Morgan fingerprint density at radius 3 is 2.26 bits per heavy atom. The third kappa shape index (κ3) is 7.66. The number of aliphatic imine (C=N–C) groups is 1. The summed E-state index contributed by atoms with van der Waals surface area (Å²) in [6, 6.07) is 1.39. The standard InChI is InChI=1S/C36H67N7/c1-7-12-30-25-43(35(38)41(30)23-28-16-18-29(19-17-28)36(4,5)6)33(21-27-13-9-8-10-14-27)40-20-11-15-31(40)24-42-32(26(2)3)22-39-34(42)37/h26-33,38H,7-25H2,1-6H3,(H2,37,39)/t28?,29?,30-,31+,32+,33-/m1/s1. The molecular formula is C36H67N7. The molecule has 0 amide bonds. The first-order valence-electron chi connectivity index (χ1n) is 18.5. The monoisotopic (exact) mass is 598 g/mol. The van der Waals surface area contributed by atoms with Gasteiger partial charge in [-0.2, -0.15) is 0 Å². The number of nitrogens with zero attached hydrogens (tertiary/aromatic N) is 5. The minimum Gasteiger partial charge on any atom is -0.370 e. The Kier molecular flexibility index (Phi) is 10.9. The molecule has 2 saturated carbocycles. The molecule has 0 unspecified atom stereocenters. The summed E-state index contributed by atoms with van der Waals surface area (Å²) < 4.78 is 0. The molecule has 7 heteroatoms. The highest BCUT2D eigenvalue weighted by molar-refractivity contribution is 5.80. The Morgan fingerprint density at radius 1 is 0.884 bits per heavy atom. The van der Waals surface area contributed by atoms with E-state index in [2.05, 4.69) is 66.1 Å². The van der Waals surface area contributed by atoms with E-state index in [4.69, 9.17) is 5.73 Å². The topological polar surface area (TPSA) is 75.2 Å². The summed E-state index contributed by atoms with van der Waals surface area (Å²) in [7, 11) is 0. The van der Waals surface area contributed by atoms with E-state index >= 15 is 0 Å². The van der Waals surface area contributed by atoms with E-state index in [1.54, 1.807) is 0 Å². The minimum atomic E-state index is 0.336. The maximum atomic E-state index is 9.73. The minimum absolute atomic E-state index is 0.336. The maximum absolute atomic E-state index is 9.73. The van der Waals surface area contributed by atoms with Crippen LogP contribution < -0.4 is 5.73 Å². The number of hydrogen-bond donors (Lipinski definition) is 2. The lowest BCUT2D eigenvalue weighted by Gasteiger charge is -2.43. The first kappa shape index (κ1) is 32.9. The zero-order valence-electron chi connectivity index (χ0n) is 28.9. The van der Waals surface area contributed by atoms with E-state index in [1.165, 1.54) is 89.9 Å². The summed E-state index contributed by atoms with van der Waals surface area (Å²) in [5, 5.41) is 9.73. The van der Waals surface area contributed by atoms with E-state index in [0.717, 1.165) is 62.4 Å². The van der Waals surface area contributed by atoms with Gasteiger partial charge in [0.25, 0.3) is 0 Å². The average Bonchev–Trinajstić information content (AvgIpc) is 3.67. The molecule has 7 nitrogen and oxygen atoms in total. The quantitative estimate of drug-likeness (QED) is 0.269. The van der Waals surface area contributed by atoms with Crippen LogP contribution in [-0.4, -0.2) is 88.5 Å². The molecule has 43 heavy (non-hydrogen) atoms. The largest absolute Gasteiger partial charge is 0.370 e. The molecule has 3 N–H and O–H groups in total. The highest BCUT2D eigenvalue weighted by atomic mass is 15.5. The van der Waals surface area contributed by atoms with Crippen LogP contribution in [0, 0.1) is 34.5 Å². The third-order valence-electron chi connectivity index (χ3n) is 12.3. The van der Waals surface area contributed by atoms with Gasteiger partial charge in [-0.15, -0.1) is 0 Å². The first-order valence-corrected chi connectivity index (χ1v) is 18.5. The fourth-order valence-corrected chi connectivity index (χ4v) is 9.50. The van der Waals surface area contributed by atoms with Crippen molar-refractivity contribution in [3.8, 4) is 0 Å². The number of likely N-dealkylation sites (tertiary alicyclic amines) is 1. The molecule has 5 aliphatic rings. The summed E-state index contributed by atoms with van der Waals surface area (Å²) in [5.41, 5.74) is 6.92. The summed E-state index contributed by atoms with van der Waals surface area (Å²) in [4.78, 5) is 15.1. The number of nitrogens with two attached hydrogens (primary N) is 1. The van der Waals surface area contributed by atoms with Crippen LogP contribution in [0.3, 0.4) is 0 Å². The van der Waals surface area contributed by atoms with Crippen LogP contribution in [0.4, 0.5) is 0 Å². The van der Waals surface area contributed by atoms with Crippen molar-refractivity contribution in [2.45, 2.75) is 156 Å². The fraction of sp³-hybridized carbons (Fsp3) is 0.944. The summed E-state index contributed by atoms with van der Waals surface area (Å²) in [6.45, 7) is 19.3. The fourth-order valence-electron chi connectivity index (χ4n) is 9.50. The predicted molar refractivity (Wildman–Crippen MR) is 181 cm³/mol.